The second-order valence-corrected chi connectivity index (χ2v) is 7.38. The van der Waals surface area contributed by atoms with E-state index in [4.69, 9.17) is 4.74 Å². The van der Waals surface area contributed by atoms with Crippen LogP contribution in [0.3, 0.4) is 0 Å². The molecule has 0 aliphatic rings. The van der Waals surface area contributed by atoms with Crippen LogP contribution in [0.2, 0.25) is 0 Å². The smallest absolute Gasteiger partial charge is 0.341 e. The molecule has 0 bridgehead atoms. The predicted molar refractivity (Wildman–Crippen MR) is 103 cm³/mol. The van der Waals surface area contributed by atoms with Gasteiger partial charge in [-0.2, -0.15) is 0 Å². The van der Waals surface area contributed by atoms with Crippen molar-refractivity contribution in [2.24, 2.45) is 0 Å². The van der Waals surface area contributed by atoms with Gasteiger partial charge in [0, 0.05) is 17.5 Å². The summed E-state index contributed by atoms with van der Waals surface area (Å²) in [6.07, 6.45) is 1.58. The average molecular weight is 450 g/mol. The summed E-state index contributed by atoms with van der Waals surface area (Å²) >= 11 is 4.45. The number of aromatic nitrogens is 1. The number of carbonyl (C=O) groups excluding carboxylic acids is 1. The van der Waals surface area contributed by atoms with Crippen LogP contribution in [0.5, 0.6) is 0 Å². The molecule has 2 aromatic carbocycles. The molecular weight excluding hydrogens is 436 g/mol. The number of hydrogen-bond acceptors (Lipinski definition) is 4. The van der Waals surface area contributed by atoms with Crippen LogP contribution in [0.4, 0.5) is 8.78 Å². The topological polar surface area (TPSA) is 39.2 Å². The van der Waals surface area contributed by atoms with Gasteiger partial charge < -0.3 is 4.74 Å². The Hall–Kier alpha value is -2.25. The lowest BCUT2D eigenvalue weighted by atomic mass is 10.2. The Morgan fingerprint density at radius 2 is 1.85 bits per heavy atom. The molecule has 27 heavy (non-hydrogen) atoms. The van der Waals surface area contributed by atoms with E-state index in [1.54, 1.807) is 48.7 Å². The molecule has 0 spiro atoms. The highest BCUT2D eigenvalue weighted by molar-refractivity contribution is 9.10. The second-order valence-electron chi connectivity index (χ2n) is 5.56. The number of halogens is 3. The molecule has 0 fully saturated rings. The van der Waals surface area contributed by atoms with Gasteiger partial charge in [0.15, 0.2) is 0 Å². The molecule has 138 valence electrons. The van der Waals surface area contributed by atoms with E-state index in [0.717, 1.165) is 5.56 Å². The van der Waals surface area contributed by atoms with Gasteiger partial charge in [-0.1, -0.05) is 24.3 Å². The van der Waals surface area contributed by atoms with E-state index in [2.05, 4.69) is 20.9 Å². The zero-order chi connectivity index (χ0) is 19.2. The van der Waals surface area contributed by atoms with Crippen molar-refractivity contribution in [2.45, 2.75) is 17.4 Å². The number of rotatable bonds is 6. The van der Waals surface area contributed by atoms with Crippen molar-refractivity contribution >= 4 is 33.7 Å². The number of thioether (sulfide) groups is 1. The Labute approximate surface area is 167 Å². The Kier molecular flexibility index (Phi) is 6.58. The lowest BCUT2D eigenvalue weighted by Crippen LogP contribution is -2.08. The van der Waals surface area contributed by atoms with Crippen molar-refractivity contribution in [1.29, 1.82) is 0 Å². The fourth-order valence-corrected chi connectivity index (χ4v) is 3.62. The fraction of sp³-hybridized carbons (Fsp3) is 0.100. The first-order chi connectivity index (χ1) is 13.0. The second kappa shape index (κ2) is 9.10. The number of hydrogen-bond donors (Lipinski definition) is 0. The van der Waals surface area contributed by atoms with Gasteiger partial charge in [-0.3, -0.25) is 0 Å². The largest absolute Gasteiger partial charge is 0.457 e. The third-order valence-electron chi connectivity index (χ3n) is 3.67. The number of pyridine rings is 1. The van der Waals surface area contributed by atoms with Crippen molar-refractivity contribution in [1.82, 2.24) is 4.98 Å². The van der Waals surface area contributed by atoms with Gasteiger partial charge >= 0.3 is 5.97 Å². The van der Waals surface area contributed by atoms with Crippen LogP contribution in [0.15, 0.2) is 70.3 Å². The van der Waals surface area contributed by atoms with Crippen LogP contribution in [-0.2, 0) is 17.1 Å². The zero-order valence-corrected chi connectivity index (χ0v) is 16.4. The van der Waals surface area contributed by atoms with Crippen molar-refractivity contribution in [3.8, 4) is 0 Å². The highest BCUT2D eigenvalue weighted by atomic mass is 79.9. The van der Waals surface area contributed by atoms with Gasteiger partial charge in [0.2, 0.25) is 0 Å². The first-order valence-corrected chi connectivity index (χ1v) is 9.74. The monoisotopic (exact) mass is 449 g/mol. The predicted octanol–water partition coefficient (Wildman–Crippen LogP) is 5.77. The maximum Gasteiger partial charge on any atom is 0.341 e. The first-order valence-electron chi connectivity index (χ1n) is 7.97. The molecule has 3 rings (SSSR count). The Bertz CT molecular complexity index is 951. The van der Waals surface area contributed by atoms with Crippen LogP contribution in [0.1, 0.15) is 21.5 Å². The summed E-state index contributed by atoms with van der Waals surface area (Å²) in [5, 5.41) is 0.501. The highest BCUT2D eigenvalue weighted by Gasteiger charge is 2.16. The summed E-state index contributed by atoms with van der Waals surface area (Å²) in [6.45, 7) is -0.179. The van der Waals surface area contributed by atoms with E-state index in [1.807, 2.05) is 0 Å². The molecule has 1 aromatic heterocycles. The van der Waals surface area contributed by atoms with Gasteiger partial charge in [-0.25, -0.2) is 18.6 Å². The standard InChI is InChI=1S/C20H14BrF2NO2S/c21-17-5-1-3-14(18(17)23)11-26-20(25)16-4-2-10-24-19(16)27-12-13-6-8-15(22)9-7-13/h1-10H,11-12H2. The molecule has 0 atom stereocenters. The number of ether oxygens (including phenoxy) is 1. The Morgan fingerprint density at radius 1 is 1.07 bits per heavy atom. The average Bonchev–Trinajstić information content (AvgIpc) is 2.68. The van der Waals surface area contributed by atoms with Crippen LogP contribution in [0.25, 0.3) is 0 Å². The molecule has 0 amide bonds. The number of carbonyl (C=O) groups is 1. The number of benzene rings is 2. The molecule has 0 unspecified atom stereocenters. The molecule has 0 aliphatic heterocycles. The molecule has 3 aromatic rings. The minimum atomic E-state index is -0.580. The molecule has 0 saturated heterocycles. The Balaban J connectivity index is 1.68. The van der Waals surface area contributed by atoms with Crippen molar-refractivity contribution in [3.63, 3.8) is 0 Å². The summed E-state index contributed by atoms with van der Waals surface area (Å²) in [5.41, 5.74) is 1.49. The van der Waals surface area contributed by atoms with Crippen molar-refractivity contribution in [2.75, 3.05) is 0 Å². The van der Waals surface area contributed by atoms with Crippen LogP contribution >= 0.6 is 27.7 Å². The van der Waals surface area contributed by atoms with E-state index < -0.39 is 11.8 Å². The molecule has 7 heteroatoms. The summed E-state index contributed by atoms with van der Waals surface area (Å²) < 4.78 is 32.5. The minimum absolute atomic E-state index is 0.179. The highest BCUT2D eigenvalue weighted by Crippen LogP contribution is 2.25. The molecule has 0 radical (unpaired) electrons. The van der Waals surface area contributed by atoms with Crippen molar-refractivity contribution in [3.05, 3.63) is 93.6 Å². The maximum atomic E-state index is 14.0. The summed E-state index contributed by atoms with van der Waals surface area (Å²) in [7, 11) is 0. The SMILES string of the molecule is O=C(OCc1cccc(Br)c1F)c1cccnc1SCc1ccc(F)cc1. The van der Waals surface area contributed by atoms with E-state index in [9.17, 15) is 13.6 Å². The van der Waals surface area contributed by atoms with E-state index >= 15 is 0 Å². The molecular formula is C20H14BrF2NO2S. The Morgan fingerprint density at radius 3 is 2.63 bits per heavy atom. The number of nitrogens with zero attached hydrogens (tertiary/aromatic N) is 1. The van der Waals surface area contributed by atoms with E-state index in [-0.39, 0.29) is 18.0 Å². The van der Waals surface area contributed by atoms with Gasteiger partial charge in [0.1, 0.15) is 23.3 Å². The lowest BCUT2D eigenvalue weighted by molar-refractivity contribution is 0.0463. The van der Waals surface area contributed by atoms with Gasteiger partial charge in [-0.15, -0.1) is 11.8 Å². The van der Waals surface area contributed by atoms with Crippen LogP contribution in [0, 0.1) is 11.6 Å². The lowest BCUT2D eigenvalue weighted by Gasteiger charge is -2.09. The zero-order valence-electron chi connectivity index (χ0n) is 14.0. The van der Waals surface area contributed by atoms with Crippen molar-refractivity contribution < 1.29 is 18.3 Å². The van der Waals surface area contributed by atoms with Crippen LogP contribution < -0.4 is 0 Å². The van der Waals surface area contributed by atoms with Crippen LogP contribution in [-0.4, -0.2) is 11.0 Å². The van der Waals surface area contributed by atoms with Gasteiger partial charge in [-0.05, 0) is 51.8 Å². The van der Waals surface area contributed by atoms with E-state index in [1.165, 1.54) is 23.9 Å². The maximum absolute atomic E-state index is 14.0. The summed E-state index contributed by atoms with van der Waals surface area (Å²) in [4.78, 5) is 16.7. The van der Waals surface area contributed by atoms with E-state index in [0.29, 0.717) is 20.8 Å². The third-order valence-corrected chi connectivity index (χ3v) is 5.36. The summed E-state index contributed by atoms with van der Waals surface area (Å²) in [5.74, 6) is -0.810. The minimum Gasteiger partial charge on any atom is -0.457 e. The number of esters is 1. The first kappa shape index (κ1) is 19.5. The molecule has 0 saturated carbocycles. The normalized spacial score (nSPS) is 10.6. The summed E-state index contributed by atoms with van der Waals surface area (Å²) in [6, 6.07) is 14.2. The van der Waals surface area contributed by atoms with Gasteiger partial charge in [0.05, 0.1) is 10.0 Å². The van der Waals surface area contributed by atoms with Gasteiger partial charge in [0.25, 0.3) is 0 Å². The fourth-order valence-electron chi connectivity index (χ4n) is 2.27. The quantitative estimate of drug-likeness (QED) is 0.353. The third kappa shape index (κ3) is 5.14. The molecule has 0 N–H and O–H groups in total. The molecule has 0 aliphatic carbocycles. The molecule has 1 heterocycles. The molecule has 3 nitrogen and oxygen atoms in total.